The van der Waals surface area contributed by atoms with E-state index in [1.165, 1.54) is 62.3 Å². The molecule has 0 amide bonds. The molecule has 0 atom stereocenters. The van der Waals surface area contributed by atoms with Gasteiger partial charge in [0, 0.05) is 6.07 Å². The lowest BCUT2D eigenvalue weighted by molar-refractivity contribution is -0.384. The molecule has 0 unspecified atom stereocenters. The fraction of sp³-hybridized carbons (Fsp3) is 0.435. The molecule has 28 heavy (non-hydrogen) atoms. The highest BCUT2D eigenvalue weighted by Gasteiger charge is 2.51. The van der Waals surface area contributed by atoms with Gasteiger partial charge in [-0.15, -0.1) is 0 Å². The summed E-state index contributed by atoms with van der Waals surface area (Å²) < 4.78 is 5.34. The highest BCUT2D eigenvalue weighted by atomic mass is 16.6. The molecule has 6 rings (SSSR count). The zero-order valence-electron chi connectivity index (χ0n) is 15.7. The maximum atomic E-state index is 12.5. The summed E-state index contributed by atoms with van der Waals surface area (Å²) >= 11 is 0. The Kier molecular flexibility index (Phi) is 4.00. The molecule has 4 bridgehead atoms. The number of non-ortho nitro benzene ring substituents is 1. The minimum Gasteiger partial charge on any atom is -0.423 e. The minimum absolute atomic E-state index is 0.0949. The third-order valence-corrected chi connectivity index (χ3v) is 7.01. The van der Waals surface area contributed by atoms with Crippen molar-refractivity contribution >= 4 is 11.7 Å². The van der Waals surface area contributed by atoms with Crippen LogP contribution in [0.15, 0.2) is 48.5 Å². The van der Waals surface area contributed by atoms with Crippen molar-refractivity contribution in [3.63, 3.8) is 0 Å². The summed E-state index contributed by atoms with van der Waals surface area (Å²) in [5, 5.41) is 10.9. The molecule has 4 aliphatic rings. The summed E-state index contributed by atoms with van der Waals surface area (Å²) in [7, 11) is 0. The molecule has 144 valence electrons. The molecule has 0 N–H and O–H groups in total. The van der Waals surface area contributed by atoms with E-state index in [0.717, 1.165) is 17.8 Å². The van der Waals surface area contributed by atoms with Crippen molar-refractivity contribution < 1.29 is 14.5 Å². The first-order chi connectivity index (χ1) is 13.5. The number of esters is 1. The second-order valence-electron chi connectivity index (χ2n) is 8.92. The SMILES string of the molecule is O=C(Oc1cccc([N+](=O)[O-])c1)c1ccc(C23CC4CC(CC(C4)C2)C3)cc1. The molecular formula is C23H23NO4. The van der Waals surface area contributed by atoms with Crippen LogP contribution in [0.1, 0.15) is 54.4 Å². The van der Waals surface area contributed by atoms with Gasteiger partial charge in [0.25, 0.3) is 5.69 Å². The quantitative estimate of drug-likeness (QED) is 0.314. The third kappa shape index (κ3) is 2.99. The molecule has 0 aliphatic heterocycles. The van der Waals surface area contributed by atoms with Crippen molar-refractivity contribution in [2.75, 3.05) is 0 Å². The Morgan fingerprint density at radius 2 is 1.57 bits per heavy atom. The highest BCUT2D eigenvalue weighted by Crippen LogP contribution is 2.60. The molecule has 2 aromatic rings. The second-order valence-corrected chi connectivity index (χ2v) is 8.92. The molecule has 0 heterocycles. The number of carbonyl (C=O) groups excluding carboxylic acids is 1. The van der Waals surface area contributed by atoms with Crippen LogP contribution in [0.3, 0.4) is 0 Å². The van der Waals surface area contributed by atoms with Crippen LogP contribution in [0.5, 0.6) is 5.75 Å². The average Bonchev–Trinajstić information content (AvgIpc) is 2.67. The Morgan fingerprint density at radius 3 is 2.14 bits per heavy atom. The standard InChI is InChI=1S/C23H23NO4/c25-22(28-21-3-1-2-20(11-21)24(26)27)18-4-6-19(7-5-18)23-12-15-8-16(13-23)10-17(9-15)14-23/h1-7,11,15-17H,8-10,12-14H2. The molecule has 5 nitrogen and oxygen atoms in total. The number of ether oxygens (including phenoxy) is 1. The van der Waals surface area contributed by atoms with Crippen molar-refractivity contribution in [3.05, 3.63) is 69.8 Å². The minimum atomic E-state index is -0.502. The van der Waals surface area contributed by atoms with Gasteiger partial charge in [-0.2, -0.15) is 0 Å². The molecular weight excluding hydrogens is 354 g/mol. The number of rotatable bonds is 4. The van der Waals surface area contributed by atoms with Crippen LogP contribution in [0.4, 0.5) is 5.69 Å². The van der Waals surface area contributed by atoms with Gasteiger partial charge >= 0.3 is 5.97 Å². The van der Waals surface area contributed by atoms with Crippen LogP contribution in [-0.2, 0) is 5.41 Å². The lowest BCUT2D eigenvalue weighted by Crippen LogP contribution is -2.48. The van der Waals surface area contributed by atoms with Crippen molar-refractivity contribution in [1.82, 2.24) is 0 Å². The van der Waals surface area contributed by atoms with E-state index >= 15 is 0 Å². The summed E-state index contributed by atoms with van der Waals surface area (Å²) in [6.07, 6.45) is 8.09. The molecule has 2 aromatic carbocycles. The summed E-state index contributed by atoms with van der Waals surface area (Å²) in [6.45, 7) is 0. The Labute approximate surface area is 163 Å². The van der Waals surface area contributed by atoms with Crippen molar-refractivity contribution in [2.45, 2.75) is 43.9 Å². The second kappa shape index (κ2) is 6.43. The van der Waals surface area contributed by atoms with Gasteiger partial charge in [0.1, 0.15) is 5.75 Å². The van der Waals surface area contributed by atoms with E-state index in [4.69, 9.17) is 4.74 Å². The predicted octanol–water partition coefficient (Wildman–Crippen LogP) is 5.28. The first-order valence-electron chi connectivity index (χ1n) is 10.1. The lowest BCUT2D eigenvalue weighted by atomic mass is 9.48. The normalized spacial score (nSPS) is 30.2. The molecule has 4 saturated carbocycles. The van der Waals surface area contributed by atoms with E-state index in [0.29, 0.717) is 11.0 Å². The zero-order valence-corrected chi connectivity index (χ0v) is 15.7. The van der Waals surface area contributed by atoms with Gasteiger partial charge in [-0.1, -0.05) is 18.2 Å². The van der Waals surface area contributed by atoms with Crippen molar-refractivity contribution in [1.29, 1.82) is 0 Å². The monoisotopic (exact) mass is 377 g/mol. The number of carbonyl (C=O) groups is 1. The highest BCUT2D eigenvalue weighted by molar-refractivity contribution is 5.91. The summed E-state index contributed by atoms with van der Waals surface area (Å²) in [4.78, 5) is 22.8. The molecule has 0 saturated heterocycles. The molecule has 4 aliphatic carbocycles. The van der Waals surface area contributed by atoms with Crippen molar-refractivity contribution in [3.8, 4) is 5.75 Å². The van der Waals surface area contributed by atoms with Gasteiger partial charge in [-0.3, -0.25) is 10.1 Å². The van der Waals surface area contributed by atoms with Crippen LogP contribution in [-0.4, -0.2) is 10.9 Å². The number of benzene rings is 2. The van der Waals surface area contributed by atoms with Crippen LogP contribution >= 0.6 is 0 Å². The first kappa shape index (κ1) is 17.4. The van der Waals surface area contributed by atoms with Gasteiger partial charge in [-0.05, 0) is 85.5 Å². The summed E-state index contributed by atoms with van der Waals surface area (Å²) in [6, 6.07) is 13.6. The fourth-order valence-electron chi connectivity index (χ4n) is 6.25. The average molecular weight is 377 g/mol. The smallest absolute Gasteiger partial charge is 0.343 e. The van der Waals surface area contributed by atoms with Crippen LogP contribution in [0.2, 0.25) is 0 Å². The lowest BCUT2D eigenvalue weighted by Gasteiger charge is -2.57. The van der Waals surface area contributed by atoms with Gasteiger partial charge in [0.15, 0.2) is 0 Å². The molecule has 5 heteroatoms. The van der Waals surface area contributed by atoms with Crippen LogP contribution in [0.25, 0.3) is 0 Å². The van der Waals surface area contributed by atoms with Gasteiger partial charge < -0.3 is 4.74 Å². The molecule has 0 aromatic heterocycles. The van der Waals surface area contributed by atoms with E-state index in [1.54, 1.807) is 6.07 Å². The molecule has 4 fully saturated rings. The van der Waals surface area contributed by atoms with Crippen LogP contribution in [0, 0.1) is 27.9 Å². The topological polar surface area (TPSA) is 69.4 Å². The number of hydrogen-bond acceptors (Lipinski definition) is 4. The Bertz CT molecular complexity index is 899. The van der Waals surface area contributed by atoms with Gasteiger partial charge in [0.2, 0.25) is 0 Å². The van der Waals surface area contributed by atoms with Gasteiger partial charge in [-0.25, -0.2) is 4.79 Å². The van der Waals surface area contributed by atoms with Gasteiger partial charge in [0.05, 0.1) is 16.6 Å². The Balaban J connectivity index is 1.33. The summed E-state index contributed by atoms with van der Waals surface area (Å²) in [5.41, 5.74) is 2.04. The first-order valence-corrected chi connectivity index (χ1v) is 10.1. The third-order valence-electron chi connectivity index (χ3n) is 7.01. The number of nitro groups is 1. The van der Waals surface area contributed by atoms with E-state index in [-0.39, 0.29) is 11.4 Å². The maximum Gasteiger partial charge on any atom is 0.343 e. The number of hydrogen-bond donors (Lipinski definition) is 0. The zero-order chi connectivity index (χ0) is 19.3. The van der Waals surface area contributed by atoms with Crippen molar-refractivity contribution in [2.24, 2.45) is 17.8 Å². The Morgan fingerprint density at radius 1 is 0.964 bits per heavy atom. The Hall–Kier alpha value is -2.69. The summed E-state index contributed by atoms with van der Waals surface area (Å²) in [5.74, 6) is 2.33. The maximum absolute atomic E-state index is 12.5. The molecule has 0 radical (unpaired) electrons. The van der Waals surface area contributed by atoms with E-state index in [1.807, 2.05) is 12.1 Å². The van der Waals surface area contributed by atoms with Crippen LogP contribution < -0.4 is 4.74 Å². The predicted molar refractivity (Wildman–Crippen MR) is 104 cm³/mol. The van der Waals surface area contributed by atoms with E-state index in [2.05, 4.69) is 12.1 Å². The number of nitrogens with zero attached hydrogens (tertiary/aromatic N) is 1. The molecule has 0 spiro atoms. The largest absolute Gasteiger partial charge is 0.423 e. The number of nitro benzene ring substituents is 1. The fourth-order valence-corrected chi connectivity index (χ4v) is 6.25. The van der Waals surface area contributed by atoms with E-state index < -0.39 is 10.9 Å². The van der Waals surface area contributed by atoms with E-state index in [9.17, 15) is 14.9 Å².